The third-order valence-corrected chi connectivity index (χ3v) is 7.81. The molecule has 1 aliphatic rings. The molecule has 1 N–H and O–H groups in total. The maximum Gasteiger partial charge on any atom is 0.290 e. The first-order chi connectivity index (χ1) is 17.9. The average molecular weight is 520 g/mol. The van der Waals surface area contributed by atoms with E-state index in [9.17, 15) is 14.7 Å². The first-order valence-corrected chi connectivity index (χ1v) is 13.5. The van der Waals surface area contributed by atoms with E-state index in [1.807, 2.05) is 61.5 Å². The number of nitrogens with zero attached hydrogens (tertiary/aromatic N) is 3. The van der Waals surface area contributed by atoms with E-state index in [1.54, 1.807) is 11.8 Å². The summed E-state index contributed by atoms with van der Waals surface area (Å²) in [5.41, 5.74) is 2.29. The Hall–Kier alpha value is -3.49. The van der Waals surface area contributed by atoms with Crippen molar-refractivity contribution in [2.45, 2.75) is 33.7 Å². The number of hydrogen-bond donors (Lipinski definition) is 1. The maximum atomic E-state index is 14.0. The molecule has 1 aromatic heterocycles. The molecule has 1 aliphatic heterocycles. The SMILES string of the molecule is CCOc1cccc(C2C(C(=O)c3sc(-c4ccccc4)nc3C)=C(O)C(=O)N2CCN(CC)CC)c1. The molecule has 4 rings (SSSR count). The normalized spacial score (nSPS) is 15.6. The molecule has 0 saturated heterocycles. The lowest BCUT2D eigenvalue weighted by Crippen LogP contribution is -2.38. The predicted octanol–water partition coefficient (Wildman–Crippen LogP) is 5.44. The lowest BCUT2D eigenvalue weighted by Gasteiger charge is -2.29. The minimum Gasteiger partial charge on any atom is -0.503 e. The Bertz CT molecular complexity index is 1300. The van der Waals surface area contributed by atoms with Gasteiger partial charge in [0.05, 0.1) is 28.8 Å². The van der Waals surface area contributed by atoms with Crippen molar-refractivity contribution in [3.05, 3.63) is 82.1 Å². The highest BCUT2D eigenvalue weighted by atomic mass is 32.1. The molecule has 0 bridgehead atoms. The second-order valence-electron chi connectivity index (χ2n) is 8.82. The van der Waals surface area contributed by atoms with Gasteiger partial charge in [0.1, 0.15) is 10.8 Å². The summed E-state index contributed by atoms with van der Waals surface area (Å²) in [6.07, 6.45) is 0. The molecular formula is C29H33N3O4S. The fourth-order valence-electron chi connectivity index (χ4n) is 4.63. The van der Waals surface area contributed by atoms with Crippen molar-refractivity contribution >= 4 is 23.0 Å². The number of ketones is 1. The molecule has 0 saturated carbocycles. The smallest absolute Gasteiger partial charge is 0.290 e. The van der Waals surface area contributed by atoms with E-state index in [4.69, 9.17) is 4.74 Å². The summed E-state index contributed by atoms with van der Waals surface area (Å²) in [5.74, 6) is -0.756. The van der Waals surface area contributed by atoms with Gasteiger partial charge in [0.25, 0.3) is 5.91 Å². The van der Waals surface area contributed by atoms with Crippen LogP contribution in [0, 0.1) is 6.92 Å². The van der Waals surface area contributed by atoms with Crippen LogP contribution in [0.15, 0.2) is 65.9 Å². The minimum absolute atomic E-state index is 0.0876. The van der Waals surface area contributed by atoms with E-state index in [-0.39, 0.29) is 11.4 Å². The molecular weight excluding hydrogens is 486 g/mol. The number of carbonyl (C=O) groups is 2. The zero-order chi connectivity index (χ0) is 26.5. The van der Waals surface area contributed by atoms with Gasteiger partial charge in [-0.15, -0.1) is 11.3 Å². The lowest BCUT2D eigenvalue weighted by atomic mass is 9.95. The third kappa shape index (κ3) is 5.45. The summed E-state index contributed by atoms with van der Waals surface area (Å²) in [7, 11) is 0. The van der Waals surface area contributed by atoms with Crippen molar-refractivity contribution in [2.24, 2.45) is 0 Å². The van der Waals surface area contributed by atoms with Crippen molar-refractivity contribution < 1.29 is 19.4 Å². The Morgan fingerprint density at radius 2 is 1.84 bits per heavy atom. The highest BCUT2D eigenvalue weighted by Gasteiger charge is 2.44. The molecule has 1 unspecified atom stereocenters. The number of carbonyl (C=O) groups excluding carboxylic acids is 2. The largest absolute Gasteiger partial charge is 0.503 e. The standard InChI is InChI=1S/C29H33N3O4S/c1-5-31(6-2)16-17-32-24(21-14-11-15-22(18-21)36-7-3)23(26(34)29(32)35)25(33)27-19(4)30-28(37-27)20-12-9-8-10-13-20/h8-15,18,24,34H,5-7,16-17H2,1-4H3. The lowest BCUT2D eigenvalue weighted by molar-refractivity contribution is -0.129. The van der Waals surface area contributed by atoms with E-state index in [2.05, 4.69) is 23.7 Å². The summed E-state index contributed by atoms with van der Waals surface area (Å²) < 4.78 is 5.70. The third-order valence-electron chi connectivity index (χ3n) is 6.61. The van der Waals surface area contributed by atoms with Crippen molar-refractivity contribution in [3.63, 3.8) is 0 Å². The van der Waals surface area contributed by atoms with Crippen LogP contribution in [-0.2, 0) is 4.79 Å². The molecule has 1 amide bonds. The highest BCUT2D eigenvalue weighted by molar-refractivity contribution is 7.17. The van der Waals surface area contributed by atoms with Gasteiger partial charge < -0.3 is 19.6 Å². The fourth-order valence-corrected chi connectivity index (χ4v) is 5.65. The number of likely N-dealkylation sites (N-methyl/N-ethyl adjacent to an activating group) is 1. The summed E-state index contributed by atoms with van der Waals surface area (Å²) >= 11 is 1.28. The minimum atomic E-state index is -0.724. The van der Waals surface area contributed by atoms with Crippen LogP contribution in [0.4, 0.5) is 0 Å². The number of aliphatic hydroxyl groups is 1. The Morgan fingerprint density at radius 3 is 2.51 bits per heavy atom. The van der Waals surface area contributed by atoms with Gasteiger partial charge in [-0.25, -0.2) is 4.98 Å². The van der Waals surface area contributed by atoms with Gasteiger partial charge in [0.2, 0.25) is 5.78 Å². The monoisotopic (exact) mass is 519 g/mol. The van der Waals surface area contributed by atoms with Crippen LogP contribution in [0.2, 0.25) is 0 Å². The number of aromatic nitrogens is 1. The Kier molecular flexibility index (Phi) is 8.41. The number of benzene rings is 2. The molecule has 2 aromatic carbocycles. The second kappa shape index (κ2) is 11.7. The van der Waals surface area contributed by atoms with Crippen molar-refractivity contribution in [2.75, 3.05) is 32.8 Å². The van der Waals surface area contributed by atoms with Gasteiger partial charge in [-0.3, -0.25) is 9.59 Å². The number of thiazole rings is 1. The number of Topliss-reactive ketones (excluding diaryl/α,β-unsaturated/α-hetero) is 1. The van der Waals surface area contributed by atoms with Crippen LogP contribution < -0.4 is 4.74 Å². The Morgan fingerprint density at radius 1 is 1.11 bits per heavy atom. The second-order valence-corrected chi connectivity index (χ2v) is 9.82. The van der Waals surface area contributed by atoms with E-state index in [0.29, 0.717) is 36.0 Å². The quantitative estimate of drug-likeness (QED) is 0.340. The number of aryl methyl sites for hydroxylation is 1. The van der Waals surface area contributed by atoms with Crippen molar-refractivity contribution in [1.82, 2.24) is 14.8 Å². The molecule has 1 atom stereocenters. The van der Waals surface area contributed by atoms with E-state index < -0.39 is 17.7 Å². The van der Waals surface area contributed by atoms with E-state index in [0.717, 1.165) is 29.2 Å². The molecule has 8 heteroatoms. The van der Waals surface area contributed by atoms with Crippen LogP contribution in [0.25, 0.3) is 10.6 Å². The molecule has 0 fully saturated rings. The van der Waals surface area contributed by atoms with E-state index in [1.165, 1.54) is 11.3 Å². The fraction of sp³-hybridized carbons (Fsp3) is 0.345. The Balaban J connectivity index is 1.76. The number of aliphatic hydroxyl groups excluding tert-OH is 1. The first-order valence-electron chi connectivity index (χ1n) is 12.7. The number of amides is 1. The summed E-state index contributed by atoms with van der Waals surface area (Å²) in [4.78, 5) is 36.2. The van der Waals surface area contributed by atoms with Gasteiger partial charge in [-0.2, -0.15) is 0 Å². The highest BCUT2D eigenvalue weighted by Crippen LogP contribution is 2.41. The maximum absolute atomic E-state index is 14.0. The molecule has 2 heterocycles. The number of hydrogen-bond acceptors (Lipinski definition) is 7. The van der Waals surface area contributed by atoms with Crippen LogP contribution in [0.3, 0.4) is 0 Å². The van der Waals surface area contributed by atoms with Gasteiger partial charge in [-0.1, -0.05) is 56.3 Å². The van der Waals surface area contributed by atoms with Gasteiger partial charge in [-0.05, 0) is 44.6 Å². The number of rotatable bonds is 11. The van der Waals surface area contributed by atoms with Crippen LogP contribution in [-0.4, -0.2) is 64.4 Å². The van der Waals surface area contributed by atoms with Gasteiger partial charge in [0, 0.05) is 18.7 Å². The molecule has 37 heavy (non-hydrogen) atoms. The summed E-state index contributed by atoms with van der Waals surface area (Å²) in [6.45, 7) is 11.0. The Labute approximate surface area is 222 Å². The first kappa shape index (κ1) is 26.6. The summed E-state index contributed by atoms with van der Waals surface area (Å²) in [5, 5.41) is 11.8. The molecule has 194 valence electrons. The average Bonchev–Trinajstić information content (AvgIpc) is 3.42. The number of ether oxygens (including phenoxy) is 1. The van der Waals surface area contributed by atoms with Crippen molar-refractivity contribution in [1.29, 1.82) is 0 Å². The van der Waals surface area contributed by atoms with Gasteiger partial charge >= 0.3 is 0 Å². The molecule has 0 aliphatic carbocycles. The molecule has 7 nitrogen and oxygen atoms in total. The van der Waals surface area contributed by atoms with E-state index >= 15 is 0 Å². The molecule has 0 spiro atoms. The van der Waals surface area contributed by atoms with Crippen molar-refractivity contribution in [3.8, 4) is 16.3 Å². The predicted molar refractivity (Wildman–Crippen MR) is 146 cm³/mol. The zero-order valence-corrected chi connectivity index (χ0v) is 22.5. The van der Waals surface area contributed by atoms with Crippen LogP contribution >= 0.6 is 11.3 Å². The molecule has 0 radical (unpaired) electrons. The molecule has 3 aromatic rings. The topological polar surface area (TPSA) is 83.0 Å². The van der Waals surface area contributed by atoms with Gasteiger partial charge in [0.15, 0.2) is 5.76 Å². The zero-order valence-electron chi connectivity index (χ0n) is 21.7. The van der Waals surface area contributed by atoms with Crippen LogP contribution in [0.1, 0.15) is 47.7 Å². The summed E-state index contributed by atoms with van der Waals surface area (Å²) in [6, 6.07) is 16.3. The van der Waals surface area contributed by atoms with Crippen LogP contribution in [0.5, 0.6) is 5.75 Å².